The molecule has 1 aliphatic rings. The van der Waals surface area contributed by atoms with Crippen LogP contribution in [0.1, 0.15) is 11.1 Å². The van der Waals surface area contributed by atoms with E-state index in [4.69, 9.17) is 23.2 Å². The molecule has 22 heavy (non-hydrogen) atoms. The summed E-state index contributed by atoms with van der Waals surface area (Å²) in [6.07, 6.45) is 2.41. The zero-order valence-electron chi connectivity index (χ0n) is 11.4. The minimum atomic E-state index is -0.752. The number of hydrogen-bond acceptors (Lipinski definition) is 2. The van der Waals surface area contributed by atoms with Gasteiger partial charge in [0.1, 0.15) is 0 Å². The summed E-state index contributed by atoms with van der Waals surface area (Å²) in [4.78, 5) is 24.6. The van der Waals surface area contributed by atoms with Crippen LogP contribution in [0.2, 0.25) is 10.0 Å². The van der Waals surface area contributed by atoms with Crippen LogP contribution in [0.3, 0.4) is 0 Å². The summed E-state index contributed by atoms with van der Waals surface area (Å²) >= 11 is 12.0. The van der Waals surface area contributed by atoms with Gasteiger partial charge in [0.15, 0.2) is 0 Å². The molecule has 0 saturated carbocycles. The Morgan fingerprint density at radius 2 is 1.64 bits per heavy atom. The Hall–Kier alpha value is -2.10. The van der Waals surface area contributed by atoms with Gasteiger partial charge in [0.05, 0.1) is 15.7 Å². The zero-order valence-corrected chi connectivity index (χ0v) is 12.9. The molecule has 0 aromatic heterocycles. The number of benzene rings is 2. The number of para-hydroxylation sites is 1. The third kappa shape index (κ3) is 2.65. The van der Waals surface area contributed by atoms with Gasteiger partial charge in [0, 0.05) is 5.57 Å². The molecule has 0 spiro atoms. The van der Waals surface area contributed by atoms with Gasteiger partial charge in [-0.1, -0.05) is 59.6 Å². The van der Waals surface area contributed by atoms with Crippen LogP contribution < -0.4 is 5.32 Å². The number of allylic oxidation sites excluding steroid dienone is 1. The lowest BCUT2D eigenvalue weighted by Crippen LogP contribution is -2.23. The standard InChI is InChI=1S/C17H11Cl2NO2/c18-13-6-3-7-14(19)15(13)20-17(22)16(21)12-9-8-10-4-1-2-5-11(10)12/h1-7,9H,8H2,(H,20,22). The van der Waals surface area contributed by atoms with Crippen molar-refractivity contribution >= 4 is 46.2 Å². The van der Waals surface area contributed by atoms with Gasteiger partial charge in [-0.25, -0.2) is 0 Å². The highest BCUT2D eigenvalue weighted by Crippen LogP contribution is 2.31. The number of hydrogen-bond donors (Lipinski definition) is 1. The number of carbonyl (C=O) groups is 2. The summed E-state index contributed by atoms with van der Waals surface area (Å²) in [5.41, 5.74) is 2.50. The summed E-state index contributed by atoms with van der Waals surface area (Å²) in [6.45, 7) is 0. The fraction of sp³-hybridized carbons (Fsp3) is 0.0588. The quantitative estimate of drug-likeness (QED) is 0.859. The fourth-order valence-corrected chi connectivity index (χ4v) is 2.90. The van der Waals surface area contributed by atoms with E-state index in [1.54, 1.807) is 24.3 Å². The lowest BCUT2D eigenvalue weighted by Gasteiger charge is -2.09. The van der Waals surface area contributed by atoms with E-state index < -0.39 is 11.7 Å². The lowest BCUT2D eigenvalue weighted by molar-refractivity contribution is -0.131. The molecule has 1 aliphatic carbocycles. The van der Waals surface area contributed by atoms with E-state index in [1.807, 2.05) is 24.3 Å². The molecule has 3 rings (SSSR count). The average molecular weight is 332 g/mol. The number of carbonyl (C=O) groups excluding carboxylic acids is 2. The number of fused-ring (bicyclic) bond motifs is 1. The first kappa shape index (κ1) is 14.8. The van der Waals surface area contributed by atoms with Gasteiger partial charge in [0.25, 0.3) is 11.7 Å². The fourth-order valence-electron chi connectivity index (χ4n) is 2.41. The molecule has 2 aromatic rings. The van der Waals surface area contributed by atoms with E-state index in [0.717, 1.165) is 11.1 Å². The normalized spacial score (nSPS) is 12.5. The van der Waals surface area contributed by atoms with E-state index in [9.17, 15) is 9.59 Å². The zero-order chi connectivity index (χ0) is 15.7. The van der Waals surface area contributed by atoms with Gasteiger partial charge in [-0.05, 0) is 29.7 Å². The predicted octanol–water partition coefficient (Wildman–Crippen LogP) is 4.14. The van der Waals surface area contributed by atoms with Crippen molar-refractivity contribution in [2.75, 3.05) is 5.32 Å². The monoisotopic (exact) mass is 331 g/mol. The molecule has 110 valence electrons. The molecule has 1 N–H and O–H groups in total. The number of amides is 1. The maximum Gasteiger partial charge on any atom is 0.296 e. The highest BCUT2D eigenvalue weighted by molar-refractivity contribution is 6.57. The molecule has 0 atom stereocenters. The Bertz CT molecular complexity index is 792. The number of ketones is 1. The predicted molar refractivity (Wildman–Crippen MR) is 88.2 cm³/mol. The molecule has 0 radical (unpaired) electrons. The SMILES string of the molecule is O=C(Nc1c(Cl)cccc1Cl)C(=O)C1=CCc2ccccc21. The Balaban J connectivity index is 1.84. The molecule has 0 unspecified atom stereocenters. The Morgan fingerprint density at radius 1 is 0.955 bits per heavy atom. The van der Waals surface area contributed by atoms with Crippen molar-refractivity contribution in [2.24, 2.45) is 0 Å². The van der Waals surface area contributed by atoms with E-state index in [2.05, 4.69) is 5.32 Å². The molecule has 0 heterocycles. The van der Waals surface area contributed by atoms with Crippen molar-refractivity contribution in [2.45, 2.75) is 6.42 Å². The Labute approximate surface area is 137 Å². The van der Waals surface area contributed by atoms with E-state index >= 15 is 0 Å². The topological polar surface area (TPSA) is 46.2 Å². The summed E-state index contributed by atoms with van der Waals surface area (Å²) < 4.78 is 0. The first-order chi connectivity index (χ1) is 10.6. The van der Waals surface area contributed by atoms with Gasteiger partial charge >= 0.3 is 0 Å². The van der Waals surface area contributed by atoms with Crippen LogP contribution in [-0.2, 0) is 16.0 Å². The number of Topliss-reactive ketones (excluding diaryl/α,β-unsaturated/α-hetero) is 1. The number of anilines is 1. The van der Waals surface area contributed by atoms with Crippen LogP contribution in [0.4, 0.5) is 5.69 Å². The highest BCUT2D eigenvalue weighted by atomic mass is 35.5. The molecular formula is C17H11Cl2NO2. The molecule has 3 nitrogen and oxygen atoms in total. The van der Waals surface area contributed by atoms with Crippen LogP contribution in [0.5, 0.6) is 0 Å². The number of halogens is 2. The van der Waals surface area contributed by atoms with Gasteiger partial charge in [-0.15, -0.1) is 0 Å². The average Bonchev–Trinajstić information content (AvgIpc) is 2.94. The second kappa shape index (κ2) is 5.95. The van der Waals surface area contributed by atoms with Gasteiger partial charge < -0.3 is 5.32 Å². The molecule has 0 aliphatic heterocycles. The molecule has 0 fully saturated rings. The Morgan fingerprint density at radius 3 is 2.36 bits per heavy atom. The van der Waals surface area contributed by atoms with E-state index in [0.29, 0.717) is 12.0 Å². The summed E-state index contributed by atoms with van der Waals surface area (Å²) in [7, 11) is 0. The van der Waals surface area contributed by atoms with Crippen LogP contribution in [-0.4, -0.2) is 11.7 Å². The minimum absolute atomic E-state index is 0.246. The van der Waals surface area contributed by atoms with Gasteiger partial charge in [-0.2, -0.15) is 0 Å². The van der Waals surface area contributed by atoms with Gasteiger partial charge in [-0.3, -0.25) is 9.59 Å². The molecule has 0 bridgehead atoms. The molecule has 5 heteroatoms. The summed E-state index contributed by atoms with van der Waals surface area (Å²) in [5, 5.41) is 3.07. The second-order valence-corrected chi connectivity index (χ2v) is 5.67. The summed E-state index contributed by atoms with van der Waals surface area (Å²) in [6, 6.07) is 12.4. The van der Waals surface area contributed by atoms with Crippen molar-refractivity contribution in [3.05, 3.63) is 69.7 Å². The van der Waals surface area contributed by atoms with E-state index in [-0.39, 0.29) is 15.7 Å². The molecule has 2 aromatic carbocycles. The lowest BCUT2D eigenvalue weighted by atomic mass is 10.0. The first-order valence-electron chi connectivity index (χ1n) is 6.66. The number of rotatable bonds is 3. The van der Waals surface area contributed by atoms with Crippen LogP contribution >= 0.6 is 23.2 Å². The van der Waals surface area contributed by atoms with Crippen molar-refractivity contribution < 1.29 is 9.59 Å². The first-order valence-corrected chi connectivity index (χ1v) is 7.41. The third-order valence-corrected chi connectivity index (χ3v) is 4.12. The molecular weight excluding hydrogens is 321 g/mol. The van der Waals surface area contributed by atoms with Crippen molar-refractivity contribution in [1.82, 2.24) is 0 Å². The Kier molecular flexibility index (Phi) is 4.01. The largest absolute Gasteiger partial charge is 0.317 e. The molecule has 0 saturated heterocycles. The summed E-state index contributed by atoms with van der Waals surface area (Å²) in [5.74, 6) is -1.35. The highest BCUT2D eigenvalue weighted by Gasteiger charge is 2.26. The maximum absolute atomic E-state index is 12.4. The van der Waals surface area contributed by atoms with Crippen molar-refractivity contribution in [3.63, 3.8) is 0 Å². The number of nitrogens with one attached hydrogen (secondary N) is 1. The minimum Gasteiger partial charge on any atom is -0.317 e. The van der Waals surface area contributed by atoms with Crippen molar-refractivity contribution in [3.8, 4) is 0 Å². The van der Waals surface area contributed by atoms with E-state index in [1.165, 1.54) is 0 Å². The van der Waals surface area contributed by atoms with Crippen LogP contribution in [0.15, 0.2) is 48.5 Å². The molecule has 1 amide bonds. The smallest absolute Gasteiger partial charge is 0.296 e. The third-order valence-electron chi connectivity index (χ3n) is 3.49. The van der Waals surface area contributed by atoms with Crippen molar-refractivity contribution in [1.29, 1.82) is 0 Å². The second-order valence-electron chi connectivity index (χ2n) is 4.86. The van der Waals surface area contributed by atoms with Crippen LogP contribution in [0, 0.1) is 0 Å². The van der Waals surface area contributed by atoms with Gasteiger partial charge in [0.2, 0.25) is 0 Å². The van der Waals surface area contributed by atoms with Crippen LogP contribution in [0.25, 0.3) is 5.57 Å². The maximum atomic E-state index is 12.4.